The number of benzene rings is 1. The first-order chi connectivity index (χ1) is 7.06. The third-order valence-electron chi connectivity index (χ3n) is 2.49. The van der Waals surface area contributed by atoms with Crippen molar-refractivity contribution >= 4 is 11.0 Å². The van der Waals surface area contributed by atoms with Crippen LogP contribution in [0.5, 0.6) is 0 Å². The number of hydrogen-bond donors (Lipinski definition) is 2. The summed E-state index contributed by atoms with van der Waals surface area (Å²) in [5.74, 6) is 0.980. The lowest BCUT2D eigenvalue weighted by molar-refractivity contribution is 0.711. The van der Waals surface area contributed by atoms with Crippen LogP contribution in [0.15, 0.2) is 12.1 Å². The Morgan fingerprint density at radius 2 is 2.13 bits per heavy atom. The van der Waals surface area contributed by atoms with Crippen LogP contribution in [-0.2, 0) is 6.42 Å². The molecule has 0 saturated heterocycles. The van der Waals surface area contributed by atoms with Gasteiger partial charge in [0.25, 0.3) is 0 Å². The van der Waals surface area contributed by atoms with Crippen LogP contribution < -0.4 is 5.73 Å². The lowest BCUT2D eigenvalue weighted by atomic mass is 10.1. The van der Waals surface area contributed by atoms with Crippen molar-refractivity contribution in [3.05, 3.63) is 29.1 Å². The number of nitrogens with one attached hydrogen (secondary N) is 1. The second-order valence-corrected chi connectivity index (χ2v) is 4.34. The van der Waals surface area contributed by atoms with Crippen LogP contribution in [0.25, 0.3) is 11.0 Å². The van der Waals surface area contributed by atoms with Crippen molar-refractivity contribution in [3.8, 4) is 0 Å². The molecule has 1 aromatic heterocycles. The van der Waals surface area contributed by atoms with Gasteiger partial charge in [0.05, 0.1) is 11.0 Å². The number of imidazole rings is 1. The summed E-state index contributed by atoms with van der Waals surface area (Å²) in [6.45, 7) is 6.18. The number of nitrogens with zero attached hydrogens (tertiary/aromatic N) is 1. The third-order valence-corrected chi connectivity index (χ3v) is 2.49. The van der Waals surface area contributed by atoms with Gasteiger partial charge in [-0.1, -0.05) is 6.07 Å². The fourth-order valence-corrected chi connectivity index (χ4v) is 1.92. The van der Waals surface area contributed by atoms with Crippen LogP contribution in [0.4, 0.5) is 0 Å². The Labute approximate surface area is 89.7 Å². The summed E-state index contributed by atoms with van der Waals surface area (Å²) in [4.78, 5) is 7.88. The predicted molar refractivity (Wildman–Crippen MR) is 62.9 cm³/mol. The van der Waals surface area contributed by atoms with E-state index in [1.54, 1.807) is 0 Å². The van der Waals surface area contributed by atoms with E-state index in [-0.39, 0.29) is 6.04 Å². The molecule has 3 N–H and O–H groups in total. The largest absolute Gasteiger partial charge is 0.342 e. The standard InChI is InChI=1S/C12H17N3/c1-7-4-8(2)12-10(5-7)14-11(15-12)6-9(3)13/h4-5,9H,6,13H2,1-3H3,(H,14,15). The molecule has 0 fully saturated rings. The zero-order valence-electron chi connectivity index (χ0n) is 9.46. The molecule has 0 spiro atoms. The van der Waals surface area contributed by atoms with Crippen LogP contribution in [0.1, 0.15) is 23.9 Å². The number of fused-ring (bicyclic) bond motifs is 1. The van der Waals surface area contributed by atoms with Gasteiger partial charge in [0.2, 0.25) is 0 Å². The molecule has 3 heteroatoms. The van der Waals surface area contributed by atoms with Gasteiger partial charge in [-0.15, -0.1) is 0 Å². The Bertz CT molecular complexity index is 483. The van der Waals surface area contributed by atoms with Crippen LogP contribution in [0.2, 0.25) is 0 Å². The molecular weight excluding hydrogens is 186 g/mol. The molecule has 0 aliphatic heterocycles. The van der Waals surface area contributed by atoms with Gasteiger partial charge in [0.1, 0.15) is 5.82 Å². The molecule has 2 aromatic rings. The molecule has 1 unspecified atom stereocenters. The normalized spacial score (nSPS) is 13.3. The van der Waals surface area contributed by atoms with Gasteiger partial charge in [-0.05, 0) is 38.0 Å². The maximum Gasteiger partial charge on any atom is 0.108 e. The molecule has 2 rings (SSSR count). The average molecular weight is 203 g/mol. The fourth-order valence-electron chi connectivity index (χ4n) is 1.92. The van der Waals surface area contributed by atoms with Crippen LogP contribution >= 0.6 is 0 Å². The van der Waals surface area contributed by atoms with E-state index in [4.69, 9.17) is 5.73 Å². The first-order valence-corrected chi connectivity index (χ1v) is 5.27. The molecule has 3 nitrogen and oxygen atoms in total. The van der Waals surface area contributed by atoms with E-state index < -0.39 is 0 Å². The van der Waals surface area contributed by atoms with E-state index in [2.05, 4.69) is 35.9 Å². The van der Waals surface area contributed by atoms with Crippen LogP contribution in [0, 0.1) is 13.8 Å². The summed E-state index contributed by atoms with van der Waals surface area (Å²) >= 11 is 0. The molecule has 80 valence electrons. The van der Waals surface area contributed by atoms with Gasteiger partial charge in [-0.3, -0.25) is 0 Å². The van der Waals surface area contributed by atoms with Gasteiger partial charge in [0.15, 0.2) is 0 Å². The molecule has 0 aliphatic rings. The zero-order valence-corrected chi connectivity index (χ0v) is 9.46. The number of aromatic amines is 1. The van der Waals surface area contributed by atoms with Crippen molar-refractivity contribution < 1.29 is 0 Å². The Balaban J connectivity index is 2.50. The molecule has 0 aliphatic carbocycles. The molecule has 1 aromatic carbocycles. The minimum Gasteiger partial charge on any atom is -0.342 e. The van der Waals surface area contributed by atoms with Crippen molar-refractivity contribution in [2.24, 2.45) is 5.73 Å². The Morgan fingerprint density at radius 3 is 2.80 bits per heavy atom. The second-order valence-electron chi connectivity index (χ2n) is 4.34. The number of hydrogen-bond acceptors (Lipinski definition) is 2. The average Bonchev–Trinajstić information content (AvgIpc) is 2.45. The van der Waals surface area contributed by atoms with E-state index in [0.717, 1.165) is 23.3 Å². The summed E-state index contributed by atoms with van der Waals surface area (Å²) in [6, 6.07) is 4.42. The van der Waals surface area contributed by atoms with Gasteiger partial charge < -0.3 is 10.7 Å². The van der Waals surface area contributed by atoms with E-state index in [1.807, 2.05) is 6.92 Å². The third kappa shape index (κ3) is 2.02. The number of rotatable bonds is 2. The summed E-state index contributed by atoms with van der Waals surface area (Å²) in [6.07, 6.45) is 0.799. The highest BCUT2D eigenvalue weighted by molar-refractivity contribution is 5.79. The monoisotopic (exact) mass is 203 g/mol. The molecule has 1 heterocycles. The highest BCUT2D eigenvalue weighted by Gasteiger charge is 2.07. The van der Waals surface area contributed by atoms with E-state index in [1.165, 1.54) is 11.1 Å². The maximum atomic E-state index is 5.75. The van der Waals surface area contributed by atoms with Crippen molar-refractivity contribution in [3.63, 3.8) is 0 Å². The Kier molecular flexibility index (Phi) is 2.49. The zero-order chi connectivity index (χ0) is 11.0. The lowest BCUT2D eigenvalue weighted by Crippen LogP contribution is -2.18. The minimum atomic E-state index is 0.145. The SMILES string of the molecule is Cc1cc(C)c2nc(CC(C)N)[nH]c2c1. The highest BCUT2D eigenvalue weighted by Crippen LogP contribution is 2.18. The molecule has 15 heavy (non-hydrogen) atoms. The number of aryl methyl sites for hydroxylation is 2. The summed E-state index contributed by atoms with van der Waals surface area (Å²) in [5.41, 5.74) is 10.4. The Hall–Kier alpha value is -1.35. The van der Waals surface area contributed by atoms with Crippen molar-refractivity contribution in [1.82, 2.24) is 9.97 Å². The summed E-state index contributed by atoms with van der Waals surface area (Å²) < 4.78 is 0. The summed E-state index contributed by atoms with van der Waals surface area (Å²) in [7, 11) is 0. The fraction of sp³-hybridized carbons (Fsp3) is 0.417. The lowest BCUT2D eigenvalue weighted by Gasteiger charge is -1.99. The minimum absolute atomic E-state index is 0.145. The van der Waals surface area contributed by atoms with E-state index >= 15 is 0 Å². The molecular formula is C12H17N3. The van der Waals surface area contributed by atoms with Gasteiger partial charge in [0, 0.05) is 12.5 Å². The molecule has 0 radical (unpaired) electrons. The summed E-state index contributed by atoms with van der Waals surface area (Å²) in [5, 5.41) is 0. The molecule has 1 atom stereocenters. The Morgan fingerprint density at radius 1 is 1.40 bits per heavy atom. The van der Waals surface area contributed by atoms with Gasteiger partial charge >= 0.3 is 0 Å². The number of H-pyrrole nitrogens is 1. The predicted octanol–water partition coefficient (Wildman–Crippen LogP) is 2.07. The van der Waals surface area contributed by atoms with Gasteiger partial charge in [-0.2, -0.15) is 0 Å². The van der Waals surface area contributed by atoms with E-state index in [9.17, 15) is 0 Å². The highest BCUT2D eigenvalue weighted by atomic mass is 14.9. The van der Waals surface area contributed by atoms with E-state index in [0.29, 0.717) is 0 Å². The molecule has 0 bridgehead atoms. The topological polar surface area (TPSA) is 54.7 Å². The van der Waals surface area contributed by atoms with Crippen molar-refractivity contribution in [2.75, 3.05) is 0 Å². The van der Waals surface area contributed by atoms with Crippen molar-refractivity contribution in [1.29, 1.82) is 0 Å². The molecule has 0 saturated carbocycles. The van der Waals surface area contributed by atoms with Crippen LogP contribution in [0.3, 0.4) is 0 Å². The van der Waals surface area contributed by atoms with Crippen molar-refractivity contribution in [2.45, 2.75) is 33.2 Å². The van der Waals surface area contributed by atoms with Crippen LogP contribution in [-0.4, -0.2) is 16.0 Å². The molecule has 0 amide bonds. The number of aromatic nitrogens is 2. The van der Waals surface area contributed by atoms with Gasteiger partial charge in [-0.25, -0.2) is 4.98 Å². The smallest absolute Gasteiger partial charge is 0.108 e. The maximum absolute atomic E-state index is 5.75. The first-order valence-electron chi connectivity index (χ1n) is 5.27. The first kappa shape index (κ1) is 10.2. The number of nitrogens with two attached hydrogens (primary N) is 1. The second kappa shape index (κ2) is 3.66. The quantitative estimate of drug-likeness (QED) is 0.785.